The molecule has 0 aromatic carbocycles. The molecule has 1 amide bonds. The molecule has 0 N–H and O–H groups in total. The Morgan fingerprint density at radius 3 is 2.14 bits per heavy atom. The van der Waals surface area contributed by atoms with E-state index in [4.69, 9.17) is 19.1 Å². The van der Waals surface area contributed by atoms with Gasteiger partial charge in [0.1, 0.15) is 11.2 Å². The van der Waals surface area contributed by atoms with Gasteiger partial charge in [-0.25, -0.2) is 4.79 Å². The lowest BCUT2D eigenvalue weighted by Crippen LogP contribution is -2.42. The van der Waals surface area contributed by atoms with E-state index in [1.54, 1.807) is 9.70 Å². The molecule has 0 bridgehead atoms. The average Bonchev–Trinajstić information content (AvgIpc) is 3.03. The summed E-state index contributed by atoms with van der Waals surface area (Å²) in [5.41, 5.74) is 0.243. The summed E-state index contributed by atoms with van der Waals surface area (Å²) in [4.78, 5) is 15.8. The molecule has 156 valence electrons. The van der Waals surface area contributed by atoms with Crippen molar-refractivity contribution in [2.45, 2.75) is 91.1 Å². The molecule has 0 saturated carbocycles. The van der Waals surface area contributed by atoms with Crippen LogP contribution >= 0.6 is 0 Å². The minimum Gasteiger partial charge on any atom is -0.444 e. The molecule has 2 aliphatic rings. The smallest absolute Gasteiger partial charge is 0.444 e. The maximum Gasteiger partial charge on any atom is 0.518 e. The molecule has 28 heavy (non-hydrogen) atoms. The minimum absolute atomic E-state index is 0.147. The number of carbonyl (C=O) groups excluding carboxylic acids is 1. The van der Waals surface area contributed by atoms with Gasteiger partial charge in [-0.05, 0) is 68.2 Å². The highest BCUT2D eigenvalue weighted by molar-refractivity contribution is 6.61. The summed E-state index contributed by atoms with van der Waals surface area (Å²) in [6, 6.07) is 0.147. The maximum absolute atomic E-state index is 12.2. The van der Waals surface area contributed by atoms with Gasteiger partial charge in [0.25, 0.3) is 0 Å². The van der Waals surface area contributed by atoms with Gasteiger partial charge in [-0.3, -0.25) is 0 Å². The molecule has 9 heteroatoms. The normalized spacial score (nSPS) is 22.6. The van der Waals surface area contributed by atoms with E-state index in [1.165, 1.54) is 0 Å². The molecule has 3 rings (SSSR count). The Bertz CT molecular complexity index is 717. The van der Waals surface area contributed by atoms with Crippen LogP contribution in [-0.4, -0.2) is 63.0 Å². The number of amides is 1. The second-order valence-corrected chi connectivity index (χ2v) is 9.78. The fourth-order valence-electron chi connectivity index (χ4n) is 3.35. The van der Waals surface area contributed by atoms with E-state index < -0.39 is 23.9 Å². The molecule has 0 atom stereocenters. The Labute approximate surface area is 168 Å². The van der Waals surface area contributed by atoms with Crippen LogP contribution in [0.2, 0.25) is 0 Å². The first-order valence-electron chi connectivity index (χ1n) is 10.1. The van der Waals surface area contributed by atoms with Crippen molar-refractivity contribution in [2.24, 2.45) is 0 Å². The minimum atomic E-state index is -0.513. The zero-order chi connectivity index (χ0) is 20.9. The molecule has 2 aliphatic heterocycles. The first-order valence-corrected chi connectivity index (χ1v) is 10.1. The maximum atomic E-state index is 12.2. The summed E-state index contributed by atoms with van der Waals surface area (Å²) in [6.45, 7) is 16.9. The Morgan fingerprint density at radius 1 is 1.11 bits per heavy atom. The Morgan fingerprint density at radius 2 is 1.64 bits per heavy atom. The summed E-state index contributed by atoms with van der Waals surface area (Å²) < 4.78 is 17.7. The lowest BCUT2D eigenvalue weighted by molar-refractivity contribution is 0.00578. The van der Waals surface area contributed by atoms with Gasteiger partial charge in [-0.2, -0.15) is 15.0 Å². The Hall–Kier alpha value is -1.61. The predicted octanol–water partition coefficient (Wildman–Crippen LogP) is 2.46. The second kappa shape index (κ2) is 7.02. The van der Waals surface area contributed by atoms with Crippen LogP contribution in [0, 0.1) is 6.92 Å². The van der Waals surface area contributed by atoms with Crippen LogP contribution < -0.4 is 5.59 Å². The number of likely N-dealkylation sites (tertiary alicyclic amines) is 1. The first kappa shape index (κ1) is 21.1. The molecule has 1 aromatic rings. The van der Waals surface area contributed by atoms with Gasteiger partial charge in [0.05, 0.1) is 22.9 Å². The fourth-order valence-corrected chi connectivity index (χ4v) is 3.35. The number of ether oxygens (including phenoxy) is 1. The van der Waals surface area contributed by atoms with Gasteiger partial charge in [0.15, 0.2) is 0 Å². The molecule has 0 unspecified atom stereocenters. The predicted molar refractivity (Wildman–Crippen MR) is 107 cm³/mol. The molecule has 0 aliphatic carbocycles. The van der Waals surface area contributed by atoms with Crippen molar-refractivity contribution >= 4 is 18.8 Å². The van der Waals surface area contributed by atoms with Crippen LogP contribution in [-0.2, 0) is 14.0 Å². The average molecular weight is 392 g/mol. The van der Waals surface area contributed by atoms with Crippen molar-refractivity contribution in [3.05, 3.63) is 5.69 Å². The lowest BCUT2D eigenvalue weighted by Gasteiger charge is -2.33. The van der Waals surface area contributed by atoms with Crippen molar-refractivity contribution in [1.82, 2.24) is 19.9 Å². The van der Waals surface area contributed by atoms with Gasteiger partial charge >= 0.3 is 13.2 Å². The van der Waals surface area contributed by atoms with Gasteiger partial charge in [0, 0.05) is 13.1 Å². The lowest BCUT2D eigenvalue weighted by atomic mass is 9.83. The van der Waals surface area contributed by atoms with E-state index >= 15 is 0 Å². The van der Waals surface area contributed by atoms with E-state index in [1.807, 2.05) is 55.4 Å². The second-order valence-electron chi connectivity index (χ2n) is 9.78. The largest absolute Gasteiger partial charge is 0.518 e. The third-order valence-electron chi connectivity index (χ3n) is 5.75. The van der Waals surface area contributed by atoms with Crippen molar-refractivity contribution < 1.29 is 18.8 Å². The molecule has 2 fully saturated rings. The molecular formula is C19H33BN4O4. The van der Waals surface area contributed by atoms with E-state index in [9.17, 15) is 4.79 Å². The molecule has 1 aromatic heterocycles. The van der Waals surface area contributed by atoms with Gasteiger partial charge in [-0.1, -0.05) is 0 Å². The quantitative estimate of drug-likeness (QED) is 0.720. The monoisotopic (exact) mass is 392 g/mol. The van der Waals surface area contributed by atoms with Crippen LogP contribution in [0.3, 0.4) is 0 Å². The van der Waals surface area contributed by atoms with Crippen molar-refractivity contribution in [2.75, 3.05) is 13.1 Å². The number of rotatable bonds is 2. The molecule has 0 spiro atoms. The van der Waals surface area contributed by atoms with Gasteiger partial charge < -0.3 is 18.9 Å². The number of aromatic nitrogens is 3. The zero-order valence-corrected chi connectivity index (χ0v) is 18.4. The third kappa shape index (κ3) is 4.20. The van der Waals surface area contributed by atoms with Crippen LogP contribution in [0.15, 0.2) is 0 Å². The summed E-state index contributed by atoms with van der Waals surface area (Å²) in [7, 11) is -0.513. The highest BCUT2D eigenvalue weighted by Gasteiger charge is 2.53. The Balaban J connectivity index is 1.64. The number of piperidine rings is 1. The zero-order valence-electron chi connectivity index (χ0n) is 18.4. The van der Waals surface area contributed by atoms with Gasteiger partial charge in [0.2, 0.25) is 0 Å². The molecule has 2 saturated heterocycles. The van der Waals surface area contributed by atoms with Crippen molar-refractivity contribution in [3.63, 3.8) is 0 Å². The highest BCUT2D eigenvalue weighted by atomic mass is 16.7. The van der Waals surface area contributed by atoms with Crippen molar-refractivity contribution in [3.8, 4) is 0 Å². The van der Waals surface area contributed by atoms with E-state index in [0.29, 0.717) is 13.1 Å². The summed E-state index contributed by atoms with van der Waals surface area (Å²) in [5.74, 6) is 0. The number of nitrogens with zero attached hydrogens (tertiary/aromatic N) is 4. The van der Waals surface area contributed by atoms with Gasteiger partial charge in [-0.15, -0.1) is 0 Å². The molecule has 0 radical (unpaired) electrons. The SMILES string of the molecule is Cc1nn(C2CCN(C(=O)OC(C)(C)C)CC2)nc1B1OC(C)(C)C(C)(C)O1. The highest BCUT2D eigenvalue weighted by Crippen LogP contribution is 2.36. The summed E-state index contributed by atoms with van der Waals surface area (Å²) >= 11 is 0. The van der Waals surface area contributed by atoms with Crippen molar-refractivity contribution in [1.29, 1.82) is 0 Å². The molecular weight excluding hydrogens is 359 g/mol. The van der Waals surface area contributed by atoms with Crippen LogP contribution in [0.4, 0.5) is 4.79 Å². The third-order valence-corrected chi connectivity index (χ3v) is 5.75. The Kier molecular flexibility index (Phi) is 5.29. The van der Waals surface area contributed by atoms with Crippen LogP contribution in [0.1, 0.15) is 73.0 Å². The number of carbonyl (C=O) groups is 1. The summed E-state index contributed by atoms with van der Waals surface area (Å²) in [5, 5.41) is 9.31. The number of aryl methyl sites for hydroxylation is 1. The van der Waals surface area contributed by atoms with E-state index in [-0.39, 0.29) is 12.1 Å². The molecule has 3 heterocycles. The first-order chi connectivity index (χ1) is 12.8. The number of hydrogen-bond acceptors (Lipinski definition) is 6. The van der Waals surface area contributed by atoms with Crippen LogP contribution in [0.5, 0.6) is 0 Å². The van der Waals surface area contributed by atoms with E-state index in [0.717, 1.165) is 24.1 Å². The summed E-state index contributed by atoms with van der Waals surface area (Å²) in [6.07, 6.45) is 1.32. The van der Waals surface area contributed by atoms with Crippen LogP contribution in [0.25, 0.3) is 0 Å². The van der Waals surface area contributed by atoms with E-state index in [2.05, 4.69) is 5.10 Å². The standard InChI is InChI=1S/C19H33BN4O4/c1-13-15(20-27-18(5,6)19(7,8)28-20)22-24(21-13)14-9-11-23(12-10-14)16(25)26-17(2,3)4/h14H,9-12H2,1-8H3. The number of hydrogen-bond donors (Lipinski definition) is 0. The molecule has 8 nitrogen and oxygen atoms in total. The topological polar surface area (TPSA) is 78.7 Å². The fraction of sp³-hybridized carbons (Fsp3) is 0.842.